The Labute approximate surface area is 138 Å². The predicted octanol–water partition coefficient (Wildman–Crippen LogP) is 3.92. The summed E-state index contributed by atoms with van der Waals surface area (Å²) in [4.78, 5) is 8.52. The van der Waals surface area contributed by atoms with E-state index < -0.39 is 0 Å². The van der Waals surface area contributed by atoms with Crippen LogP contribution in [0.2, 0.25) is 5.02 Å². The van der Waals surface area contributed by atoms with Gasteiger partial charge in [-0.3, -0.25) is 0 Å². The van der Waals surface area contributed by atoms with Crippen LogP contribution < -0.4 is 11.1 Å². The van der Waals surface area contributed by atoms with Crippen LogP contribution >= 0.6 is 11.6 Å². The average molecular weight is 329 g/mol. The highest BCUT2D eigenvalue weighted by molar-refractivity contribution is 6.30. The fourth-order valence-electron chi connectivity index (χ4n) is 3.19. The summed E-state index contributed by atoms with van der Waals surface area (Å²) in [6.45, 7) is 0. The Morgan fingerprint density at radius 3 is 2.83 bits per heavy atom. The molecule has 118 valence electrons. The molecule has 0 radical (unpaired) electrons. The van der Waals surface area contributed by atoms with Crippen molar-refractivity contribution in [1.82, 2.24) is 19.7 Å². The lowest BCUT2D eigenvalue weighted by molar-refractivity contribution is 0.480. The second-order valence-electron chi connectivity index (χ2n) is 5.82. The quantitative estimate of drug-likeness (QED) is 0.761. The number of nitrogens with one attached hydrogen (secondary N) is 1. The fraction of sp³-hybridized carbons (Fsp3) is 0.312. The van der Waals surface area contributed by atoms with Crippen molar-refractivity contribution < 1.29 is 0 Å². The van der Waals surface area contributed by atoms with Crippen molar-refractivity contribution in [2.45, 2.75) is 31.7 Å². The molecule has 0 aliphatic heterocycles. The molecular formula is C16H17ClN6. The first-order valence-electron chi connectivity index (χ1n) is 7.73. The molecule has 0 spiro atoms. The van der Waals surface area contributed by atoms with Crippen LogP contribution in [0.15, 0.2) is 30.6 Å². The van der Waals surface area contributed by atoms with Gasteiger partial charge in [0.1, 0.15) is 17.5 Å². The molecule has 7 heteroatoms. The summed E-state index contributed by atoms with van der Waals surface area (Å²) in [7, 11) is 0. The zero-order valence-electron chi connectivity index (χ0n) is 12.5. The number of rotatable bonds is 3. The minimum absolute atomic E-state index is 0.377. The van der Waals surface area contributed by atoms with E-state index in [9.17, 15) is 0 Å². The number of hydrogen-bond donors (Lipinski definition) is 2. The van der Waals surface area contributed by atoms with Crippen molar-refractivity contribution in [2.75, 3.05) is 11.1 Å². The predicted molar refractivity (Wildman–Crippen MR) is 92.0 cm³/mol. The number of anilines is 3. The van der Waals surface area contributed by atoms with Gasteiger partial charge in [0, 0.05) is 10.7 Å². The molecule has 4 rings (SSSR count). The number of fused-ring (bicyclic) bond motifs is 1. The van der Waals surface area contributed by atoms with Crippen molar-refractivity contribution in [3.8, 4) is 0 Å². The van der Waals surface area contributed by atoms with Gasteiger partial charge in [0.2, 0.25) is 0 Å². The Balaban J connectivity index is 1.82. The number of halogens is 1. The van der Waals surface area contributed by atoms with Crippen LogP contribution in [0.4, 0.5) is 17.3 Å². The summed E-state index contributed by atoms with van der Waals surface area (Å²) in [5.74, 6) is 1.11. The molecule has 0 amide bonds. The van der Waals surface area contributed by atoms with E-state index in [4.69, 9.17) is 22.4 Å². The molecule has 0 unspecified atom stereocenters. The number of hydrogen-bond acceptors (Lipinski definition) is 5. The van der Waals surface area contributed by atoms with Gasteiger partial charge < -0.3 is 11.1 Å². The zero-order valence-corrected chi connectivity index (χ0v) is 13.3. The zero-order chi connectivity index (χ0) is 15.8. The Bertz CT molecular complexity index is 853. The van der Waals surface area contributed by atoms with Crippen LogP contribution in [-0.4, -0.2) is 19.7 Å². The molecule has 1 aliphatic rings. The third-order valence-corrected chi connectivity index (χ3v) is 4.51. The molecular weight excluding hydrogens is 312 g/mol. The summed E-state index contributed by atoms with van der Waals surface area (Å²) in [6, 6.07) is 7.88. The summed E-state index contributed by atoms with van der Waals surface area (Å²) < 4.78 is 1.99. The molecule has 3 aromatic rings. The van der Waals surface area contributed by atoms with Crippen molar-refractivity contribution >= 4 is 40.0 Å². The third kappa shape index (κ3) is 2.59. The van der Waals surface area contributed by atoms with Crippen molar-refractivity contribution in [3.05, 3.63) is 35.6 Å². The molecule has 3 N–H and O–H groups in total. The number of nitrogens with zero attached hydrogens (tertiary/aromatic N) is 4. The maximum Gasteiger partial charge on any atom is 0.165 e. The third-order valence-electron chi connectivity index (χ3n) is 4.28. The highest BCUT2D eigenvalue weighted by Gasteiger charge is 2.24. The summed E-state index contributed by atoms with van der Waals surface area (Å²) >= 11 is 6.05. The molecule has 1 aromatic carbocycles. The van der Waals surface area contributed by atoms with E-state index in [1.54, 1.807) is 0 Å². The van der Waals surface area contributed by atoms with Gasteiger partial charge in [0.25, 0.3) is 0 Å². The molecule has 0 saturated heterocycles. The van der Waals surface area contributed by atoms with Gasteiger partial charge in [0.05, 0.1) is 6.04 Å². The van der Waals surface area contributed by atoms with Crippen molar-refractivity contribution in [3.63, 3.8) is 0 Å². The molecule has 2 aromatic heterocycles. The second-order valence-corrected chi connectivity index (χ2v) is 6.26. The number of aromatic nitrogens is 4. The highest BCUT2D eigenvalue weighted by atomic mass is 35.5. The minimum atomic E-state index is 0.377. The Kier molecular flexibility index (Phi) is 3.53. The maximum absolute atomic E-state index is 6.08. The summed E-state index contributed by atoms with van der Waals surface area (Å²) in [5, 5.41) is 9.46. The largest absolute Gasteiger partial charge is 0.383 e. The van der Waals surface area contributed by atoms with E-state index in [0.717, 1.165) is 29.6 Å². The normalized spacial score (nSPS) is 15.3. The van der Waals surface area contributed by atoms with Crippen LogP contribution in [0.25, 0.3) is 11.0 Å². The van der Waals surface area contributed by atoms with Crippen molar-refractivity contribution in [1.29, 1.82) is 0 Å². The Morgan fingerprint density at radius 2 is 2.04 bits per heavy atom. The van der Waals surface area contributed by atoms with Crippen LogP contribution in [0.5, 0.6) is 0 Å². The van der Waals surface area contributed by atoms with E-state index in [-0.39, 0.29) is 0 Å². The number of nitrogen functional groups attached to an aromatic ring is 1. The molecule has 23 heavy (non-hydrogen) atoms. The van der Waals surface area contributed by atoms with Gasteiger partial charge >= 0.3 is 0 Å². The standard InChI is InChI=1S/C16H17ClN6/c17-10-4-3-5-11(8-10)21-15-13-14(18)19-9-20-16(13)23(22-15)12-6-1-2-7-12/h3-5,8-9,12H,1-2,6-7H2,(H,21,22)(H2,18,19,20). The molecule has 0 atom stereocenters. The smallest absolute Gasteiger partial charge is 0.165 e. The van der Waals surface area contributed by atoms with Gasteiger partial charge in [0.15, 0.2) is 11.5 Å². The van der Waals surface area contributed by atoms with Gasteiger partial charge in [-0.15, -0.1) is 0 Å². The summed E-state index contributed by atoms with van der Waals surface area (Å²) in [5.41, 5.74) is 7.73. The molecule has 1 saturated carbocycles. The first-order valence-corrected chi connectivity index (χ1v) is 8.11. The first kappa shape index (κ1) is 14.3. The van der Waals surface area contributed by atoms with E-state index in [2.05, 4.69) is 15.3 Å². The van der Waals surface area contributed by atoms with E-state index in [1.165, 1.54) is 19.2 Å². The second kappa shape index (κ2) is 5.70. The van der Waals surface area contributed by atoms with Gasteiger partial charge in [-0.1, -0.05) is 30.5 Å². The van der Waals surface area contributed by atoms with Gasteiger partial charge in [-0.05, 0) is 31.0 Å². The van der Waals surface area contributed by atoms with Crippen LogP contribution in [0, 0.1) is 0 Å². The molecule has 1 aliphatic carbocycles. The highest BCUT2D eigenvalue weighted by Crippen LogP contribution is 2.35. The molecule has 0 bridgehead atoms. The summed E-state index contributed by atoms with van der Waals surface area (Å²) in [6.07, 6.45) is 6.19. The maximum atomic E-state index is 6.08. The molecule has 1 fully saturated rings. The van der Waals surface area contributed by atoms with Gasteiger partial charge in [-0.2, -0.15) is 5.10 Å². The Hall–Kier alpha value is -2.34. The Morgan fingerprint density at radius 1 is 1.22 bits per heavy atom. The lowest BCUT2D eigenvalue weighted by atomic mass is 10.2. The first-order chi connectivity index (χ1) is 11.2. The monoisotopic (exact) mass is 328 g/mol. The van der Waals surface area contributed by atoms with Crippen LogP contribution in [-0.2, 0) is 0 Å². The van der Waals surface area contributed by atoms with Crippen LogP contribution in [0.3, 0.4) is 0 Å². The lowest BCUT2D eigenvalue weighted by Crippen LogP contribution is -2.07. The molecule has 6 nitrogen and oxygen atoms in total. The van der Waals surface area contributed by atoms with Gasteiger partial charge in [-0.25, -0.2) is 14.6 Å². The van der Waals surface area contributed by atoms with E-state index in [1.807, 2.05) is 28.9 Å². The SMILES string of the molecule is Nc1ncnc2c1c(Nc1cccc(Cl)c1)nn2C1CCCC1. The van der Waals surface area contributed by atoms with E-state index >= 15 is 0 Å². The lowest BCUT2D eigenvalue weighted by Gasteiger charge is -2.10. The number of nitrogens with two attached hydrogens (primary N) is 1. The van der Waals surface area contributed by atoms with Crippen LogP contribution in [0.1, 0.15) is 31.7 Å². The van der Waals surface area contributed by atoms with E-state index in [0.29, 0.717) is 22.7 Å². The van der Waals surface area contributed by atoms with Crippen molar-refractivity contribution in [2.24, 2.45) is 0 Å². The fourth-order valence-corrected chi connectivity index (χ4v) is 3.38. The molecule has 2 heterocycles. The minimum Gasteiger partial charge on any atom is -0.383 e. The topological polar surface area (TPSA) is 81.7 Å². The number of benzene rings is 1. The average Bonchev–Trinajstić information content (AvgIpc) is 3.16.